The smallest absolute Gasteiger partial charge is 0.115 e. The SMILES string of the molecule is CC1(O)CCC(CN)(c2ccc(O)cc2)C1. The Morgan fingerprint density at radius 2 is 1.88 bits per heavy atom. The van der Waals surface area contributed by atoms with Crippen molar-refractivity contribution >= 4 is 0 Å². The van der Waals surface area contributed by atoms with Crippen LogP contribution in [-0.4, -0.2) is 22.4 Å². The van der Waals surface area contributed by atoms with Gasteiger partial charge in [-0.15, -0.1) is 0 Å². The van der Waals surface area contributed by atoms with E-state index in [4.69, 9.17) is 5.73 Å². The average molecular weight is 221 g/mol. The quantitative estimate of drug-likeness (QED) is 0.709. The van der Waals surface area contributed by atoms with E-state index in [2.05, 4.69) is 0 Å². The zero-order valence-corrected chi connectivity index (χ0v) is 9.61. The van der Waals surface area contributed by atoms with Gasteiger partial charge in [0.2, 0.25) is 0 Å². The monoisotopic (exact) mass is 221 g/mol. The molecule has 2 rings (SSSR count). The fourth-order valence-electron chi connectivity index (χ4n) is 2.77. The van der Waals surface area contributed by atoms with Gasteiger partial charge >= 0.3 is 0 Å². The van der Waals surface area contributed by atoms with Gasteiger partial charge < -0.3 is 15.9 Å². The van der Waals surface area contributed by atoms with Crippen LogP contribution in [0.1, 0.15) is 31.7 Å². The zero-order valence-electron chi connectivity index (χ0n) is 9.61. The van der Waals surface area contributed by atoms with E-state index in [1.807, 2.05) is 19.1 Å². The van der Waals surface area contributed by atoms with E-state index in [9.17, 15) is 10.2 Å². The average Bonchev–Trinajstić information content (AvgIpc) is 2.57. The molecule has 0 radical (unpaired) electrons. The summed E-state index contributed by atoms with van der Waals surface area (Å²) in [6, 6.07) is 7.17. The van der Waals surface area contributed by atoms with Crippen LogP contribution in [0.3, 0.4) is 0 Å². The van der Waals surface area contributed by atoms with Gasteiger partial charge in [0.15, 0.2) is 0 Å². The van der Waals surface area contributed by atoms with Crippen LogP contribution in [0.2, 0.25) is 0 Å². The van der Waals surface area contributed by atoms with Gasteiger partial charge in [0.05, 0.1) is 5.60 Å². The van der Waals surface area contributed by atoms with E-state index in [0.29, 0.717) is 13.0 Å². The second-order valence-electron chi connectivity index (χ2n) is 5.21. The number of benzene rings is 1. The van der Waals surface area contributed by atoms with Gasteiger partial charge in [-0.25, -0.2) is 0 Å². The molecule has 0 amide bonds. The van der Waals surface area contributed by atoms with Crippen molar-refractivity contribution < 1.29 is 10.2 Å². The molecule has 1 saturated carbocycles. The summed E-state index contributed by atoms with van der Waals surface area (Å²) >= 11 is 0. The van der Waals surface area contributed by atoms with Crippen molar-refractivity contribution in [2.45, 2.75) is 37.2 Å². The number of phenols is 1. The topological polar surface area (TPSA) is 66.5 Å². The van der Waals surface area contributed by atoms with Crippen molar-refractivity contribution in [1.29, 1.82) is 0 Å². The predicted octanol–water partition coefficient (Wildman–Crippen LogP) is 1.52. The number of hydrogen-bond donors (Lipinski definition) is 3. The molecule has 3 heteroatoms. The Balaban J connectivity index is 2.33. The largest absolute Gasteiger partial charge is 0.508 e. The van der Waals surface area contributed by atoms with Crippen LogP contribution < -0.4 is 5.73 Å². The second kappa shape index (κ2) is 3.75. The first-order valence-electron chi connectivity index (χ1n) is 5.69. The lowest BCUT2D eigenvalue weighted by Crippen LogP contribution is -2.35. The van der Waals surface area contributed by atoms with Crippen molar-refractivity contribution in [3.8, 4) is 5.75 Å². The van der Waals surface area contributed by atoms with E-state index in [-0.39, 0.29) is 11.2 Å². The highest BCUT2D eigenvalue weighted by Crippen LogP contribution is 2.45. The fourth-order valence-corrected chi connectivity index (χ4v) is 2.77. The lowest BCUT2D eigenvalue weighted by Gasteiger charge is -2.29. The number of rotatable bonds is 2. The summed E-state index contributed by atoms with van der Waals surface area (Å²) in [5, 5.41) is 19.4. The van der Waals surface area contributed by atoms with Crippen LogP contribution in [0.4, 0.5) is 0 Å². The number of phenolic OH excluding ortho intramolecular Hbond substituents is 1. The normalized spacial score (nSPS) is 34.2. The summed E-state index contributed by atoms with van der Waals surface area (Å²) < 4.78 is 0. The van der Waals surface area contributed by atoms with Crippen LogP contribution in [-0.2, 0) is 5.41 Å². The molecule has 0 aromatic heterocycles. The summed E-state index contributed by atoms with van der Waals surface area (Å²) in [6.07, 6.45) is 2.38. The molecule has 4 N–H and O–H groups in total. The molecular formula is C13H19NO2. The molecule has 1 aliphatic rings. The minimum absolute atomic E-state index is 0.128. The first-order chi connectivity index (χ1) is 7.47. The standard InChI is InChI=1S/C13H19NO2/c1-12(16)6-7-13(8-12,9-14)10-2-4-11(15)5-3-10/h2-5,15-16H,6-9,14H2,1H3. The molecule has 88 valence electrons. The number of hydrogen-bond acceptors (Lipinski definition) is 3. The van der Waals surface area contributed by atoms with E-state index < -0.39 is 5.60 Å². The number of nitrogens with two attached hydrogens (primary N) is 1. The maximum atomic E-state index is 10.1. The van der Waals surface area contributed by atoms with Gasteiger partial charge in [-0.1, -0.05) is 12.1 Å². The first-order valence-corrected chi connectivity index (χ1v) is 5.69. The van der Waals surface area contributed by atoms with E-state index in [1.165, 1.54) is 0 Å². The molecule has 0 aliphatic heterocycles. The van der Waals surface area contributed by atoms with Gasteiger partial charge in [-0.3, -0.25) is 0 Å². The molecule has 0 spiro atoms. The second-order valence-corrected chi connectivity index (χ2v) is 5.21. The molecule has 1 aliphatic carbocycles. The van der Waals surface area contributed by atoms with Gasteiger partial charge in [0, 0.05) is 12.0 Å². The summed E-state index contributed by atoms with van der Waals surface area (Å²) in [7, 11) is 0. The Bertz CT molecular complexity index is 372. The van der Waals surface area contributed by atoms with Crippen LogP contribution >= 0.6 is 0 Å². The van der Waals surface area contributed by atoms with Gasteiger partial charge in [-0.05, 0) is 43.9 Å². The maximum absolute atomic E-state index is 10.1. The lowest BCUT2D eigenvalue weighted by atomic mass is 9.78. The van der Waals surface area contributed by atoms with E-state index in [1.54, 1.807) is 12.1 Å². The molecule has 0 heterocycles. The maximum Gasteiger partial charge on any atom is 0.115 e. The molecule has 0 bridgehead atoms. The van der Waals surface area contributed by atoms with Crippen LogP contribution in [0.15, 0.2) is 24.3 Å². The third-order valence-electron chi connectivity index (χ3n) is 3.73. The molecule has 16 heavy (non-hydrogen) atoms. The predicted molar refractivity (Wildman–Crippen MR) is 63.3 cm³/mol. The Labute approximate surface area is 95.9 Å². The molecule has 1 fully saturated rings. The minimum Gasteiger partial charge on any atom is -0.508 e. The van der Waals surface area contributed by atoms with Crippen LogP contribution in [0.25, 0.3) is 0 Å². The number of aliphatic hydroxyl groups is 1. The Kier molecular flexibility index (Phi) is 2.68. The van der Waals surface area contributed by atoms with Crippen molar-refractivity contribution in [3.05, 3.63) is 29.8 Å². The third kappa shape index (κ3) is 1.93. The van der Waals surface area contributed by atoms with Crippen LogP contribution in [0.5, 0.6) is 5.75 Å². The highest BCUT2D eigenvalue weighted by atomic mass is 16.3. The van der Waals surface area contributed by atoms with Gasteiger partial charge in [0.1, 0.15) is 5.75 Å². The van der Waals surface area contributed by atoms with Crippen molar-refractivity contribution in [2.24, 2.45) is 5.73 Å². The Morgan fingerprint density at radius 3 is 2.31 bits per heavy atom. The first kappa shape index (κ1) is 11.4. The summed E-state index contributed by atoms with van der Waals surface area (Å²) in [5.74, 6) is 0.265. The highest BCUT2D eigenvalue weighted by molar-refractivity contribution is 5.33. The van der Waals surface area contributed by atoms with Gasteiger partial charge in [-0.2, -0.15) is 0 Å². The van der Waals surface area contributed by atoms with Crippen molar-refractivity contribution in [3.63, 3.8) is 0 Å². The molecule has 1 aromatic rings. The zero-order chi connectivity index (χ0) is 11.8. The lowest BCUT2D eigenvalue weighted by molar-refractivity contribution is 0.0612. The molecule has 2 unspecified atom stereocenters. The summed E-state index contributed by atoms with van der Waals surface area (Å²) in [6.45, 7) is 2.40. The number of aromatic hydroxyl groups is 1. The molecule has 1 aromatic carbocycles. The third-order valence-corrected chi connectivity index (χ3v) is 3.73. The summed E-state index contributed by atoms with van der Waals surface area (Å²) in [5.41, 5.74) is 6.26. The molecule has 3 nitrogen and oxygen atoms in total. The fraction of sp³-hybridized carbons (Fsp3) is 0.538. The molecule has 0 saturated heterocycles. The summed E-state index contributed by atoms with van der Waals surface area (Å²) in [4.78, 5) is 0. The van der Waals surface area contributed by atoms with E-state index >= 15 is 0 Å². The van der Waals surface area contributed by atoms with E-state index in [0.717, 1.165) is 18.4 Å². The highest BCUT2D eigenvalue weighted by Gasteiger charge is 2.44. The minimum atomic E-state index is -0.614. The van der Waals surface area contributed by atoms with Crippen molar-refractivity contribution in [1.82, 2.24) is 0 Å². The molecule has 2 atom stereocenters. The van der Waals surface area contributed by atoms with Crippen LogP contribution in [0, 0.1) is 0 Å². The molecular weight excluding hydrogens is 202 g/mol. The van der Waals surface area contributed by atoms with Gasteiger partial charge in [0.25, 0.3) is 0 Å². The van der Waals surface area contributed by atoms with Crippen molar-refractivity contribution in [2.75, 3.05) is 6.54 Å². The Morgan fingerprint density at radius 1 is 1.25 bits per heavy atom. The Hall–Kier alpha value is -1.06.